The Morgan fingerprint density at radius 3 is 2.45 bits per heavy atom. The van der Waals surface area contributed by atoms with Crippen LogP contribution in [0.5, 0.6) is 0 Å². The fraction of sp³-hybridized carbons (Fsp3) is 0.294. The first kappa shape index (κ1) is 17.5. The molecule has 2 amide bonds. The van der Waals surface area contributed by atoms with Crippen molar-refractivity contribution in [3.63, 3.8) is 0 Å². The summed E-state index contributed by atoms with van der Waals surface area (Å²) < 4.78 is 0. The van der Waals surface area contributed by atoms with Crippen LogP contribution in [0.15, 0.2) is 42.1 Å². The van der Waals surface area contributed by atoms with Gasteiger partial charge in [0.05, 0.1) is 5.70 Å². The summed E-state index contributed by atoms with van der Waals surface area (Å²) >= 11 is 0. The molecule has 5 nitrogen and oxygen atoms in total. The van der Waals surface area contributed by atoms with E-state index in [4.69, 9.17) is 5.73 Å². The first-order chi connectivity index (χ1) is 10.5. The summed E-state index contributed by atoms with van der Waals surface area (Å²) in [6, 6.07) is 5.82. The number of anilines is 1. The molecule has 0 aliphatic rings. The van der Waals surface area contributed by atoms with Crippen LogP contribution in [0.4, 0.5) is 5.69 Å². The third kappa shape index (κ3) is 5.44. The van der Waals surface area contributed by atoms with Crippen LogP contribution in [0.1, 0.15) is 24.5 Å². The quantitative estimate of drug-likeness (QED) is 0.704. The minimum atomic E-state index is -0.332. The topological polar surface area (TPSA) is 84.2 Å². The molecule has 0 saturated heterocycles. The second-order valence-corrected chi connectivity index (χ2v) is 4.94. The lowest BCUT2D eigenvalue weighted by Crippen LogP contribution is -2.28. The van der Waals surface area contributed by atoms with Crippen LogP contribution in [0.3, 0.4) is 0 Å². The zero-order valence-corrected chi connectivity index (χ0v) is 13.3. The highest BCUT2D eigenvalue weighted by atomic mass is 16.2. The first-order valence-corrected chi connectivity index (χ1v) is 7.23. The SMILES string of the molecule is CC/C=C(/N)C(=O)NC/C=C/C(=O)Nc1c(C)cccc1C. The van der Waals surface area contributed by atoms with Gasteiger partial charge in [0.15, 0.2) is 0 Å². The van der Waals surface area contributed by atoms with Gasteiger partial charge in [-0.15, -0.1) is 0 Å². The number of carbonyl (C=O) groups is 2. The molecule has 118 valence electrons. The lowest BCUT2D eigenvalue weighted by Gasteiger charge is -2.09. The largest absolute Gasteiger partial charge is 0.395 e. The first-order valence-electron chi connectivity index (χ1n) is 7.23. The van der Waals surface area contributed by atoms with Crippen LogP contribution in [0.25, 0.3) is 0 Å². The van der Waals surface area contributed by atoms with E-state index in [1.807, 2.05) is 39.0 Å². The third-order valence-electron chi connectivity index (χ3n) is 3.07. The molecule has 0 heterocycles. The second kappa shape index (κ2) is 8.67. The van der Waals surface area contributed by atoms with E-state index in [0.717, 1.165) is 16.8 Å². The van der Waals surface area contributed by atoms with E-state index in [-0.39, 0.29) is 24.1 Å². The predicted octanol–water partition coefficient (Wildman–Crippen LogP) is 2.17. The summed E-state index contributed by atoms with van der Waals surface area (Å²) in [5.41, 5.74) is 8.57. The van der Waals surface area contributed by atoms with Crippen molar-refractivity contribution in [2.45, 2.75) is 27.2 Å². The number of rotatable bonds is 6. The average molecular weight is 301 g/mol. The minimum absolute atomic E-state index is 0.191. The number of carbonyl (C=O) groups excluding carboxylic acids is 2. The molecule has 5 heteroatoms. The van der Waals surface area contributed by atoms with Crippen LogP contribution in [-0.4, -0.2) is 18.4 Å². The fourth-order valence-corrected chi connectivity index (χ4v) is 1.91. The van der Waals surface area contributed by atoms with Crippen molar-refractivity contribution in [1.29, 1.82) is 0 Å². The fourth-order valence-electron chi connectivity index (χ4n) is 1.91. The second-order valence-electron chi connectivity index (χ2n) is 4.94. The van der Waals surface area contributed by atoms with Gasteiger partial charge in [-0.2, -0.15) is 0 Å². The lowest BCUT2D eigenvalue weighted by atomic mass is 10.1. The molecule has 4 N–H and O–H groups in total. The summed E-state index contributed by atoms with van der Waals surface area (Å²) in [7, 11) is 0. The molecular weight excluding hydrogens is 278 g/mol. The Labute approximate surface area is 131 Å². The van der Waals surface area contributed by atoms with E-state index >= 15 is 0 Å². The smallest absolute Gasteiger partial charge is 0.267 e. The molecule has 0 aliphatic carbocycles. The van der Waals surface area contributed by atoms with Crippen LogP contribution >= 0.6 is 0 Å². The highest BCUT2D eigenvalue weighted by molar-refractivity contribution is 6.00. The molecule has 0 fully saturated rings. The van der Waals surface area contributed by atoms with Crippen molar-refractivity contribution < 1.29 is 9.59 Å². The Kier molecular flexibility index (Phi) is 6.89. The Bertz CT molecular complexity index is 584. The molecule has 0 bridgehead atoms. The van der Waals surface area contributed by atoms with Crippen LogP contribution < -0.4 is 16.4 Å². The summed E-state index contributed by atoms with van der Waals surface area (Å²) in [5.74, 6) is -0.564. The number of hydrogen-bond donors (Lipinski definition) is 3. The molecule has 0 aromatic heterocycles. The Morgan fingerprint density at radius 2 is 1.86 bits per heavy atom. The standard InChI is InChI=1S/C17H23N3O2/c1-4-7-14(18)17(22)19-11-6-10-15(21)20-16-12(2)8-5-9-13(16)3/h5-10H,4,11,18H2,1-3H3,(H,19,22)(H,20,21)/b10-6+,14-7+. The summed E-state index contributed by atoms with van der Waals surface area (Å²) in [4.78, 5) is 23.4. The van der Waals surface area contributed by atoms with Gasteiger partial charge in [0, 0.05) is 18.3 Å². The number of benzene rings is 1. The van der Waals surface area contributed by atoms with Crippen molar-refractivity contribution in [2.75, 3.05) is 11.9 Å². The average Bonchev–Trinajstić information content (AvgIpc) is 2.47. The number of aryl methyl sites for hydroxylation is 2. The zero-order valence-electron chi connectivity index (χ0n) is 13.3. The zero-order chi connectivity index (χ0) is 16.5. The number of amides is 2. The predicted molar refractivity (Wildman–Crippen MR) is 89.3 cm³/mol. The maximum atomic E-state index is 11.9. The van der Waals surface area contributed by atoms with Gasteiger partial charge in [-0.3, -0.25) is 9.59 Å². The lowest BCUT2D eigenvalue weighted by molar-refractivity contribution is -0.117. The van der Waals surface area contributed by atoms with E-state index in [1.165, 1.54) is 6.08 Å². The van der Waals surface area contributed by atoms with Crippen molar-refractivity contribution in [3.05, 3.63) is 53.3 Å². The monoisotopic (exact) mass is 301 g/mol. The van der Waals surface area contributed by atoms with Gasteiger partial charge in [-0.25, -0.2) is 0 Å². The van der Waals surface area contributed by atoms with Gasteiger partial charge in [-0.05, 0) is 31.4 Å². The Morgan fingerprint density at radius 1 is 1.23 bits per heavy atom. The molecule has 1 aromatic rings. The minimum Gasteiger partial charge on any atom is -0.395 e. The molecule has 0 atom stereocenters. The molecule has 0 spiro atoms. The van der Waals surface area contributed by atoms with Gasteiger partial charge < -0.3 is 16.4 Å². The highest BCUT2D eigenvalue weighted by Crippen LogP contribution is 2.19. The van der Waals surface area contributed by atoms with Crippen molar-refractivity contribution in [3.8, 4) is 0 Å². The van der Waals surface area contributed by atoms with E-state index in [1.54, 1.807) is 12.2 Å². The van der Waals surface area contributed by atoms with Crippen LogP contribution in [0.2, 0.25) is 0 Å². The summed E-state index contributed by atoms with van der Waals surface area (Å²) in [5, 5.41) is 5.45. The highest BCUT2D eigenvalue weighted by Gasteiger charge is 2.05. The van der Waals surface area contributed by atoms with Crippen molar-refractivity contribution in [1.82, 2.24) is 5.32 Å². The third-order valence-corrected chi connectivity index (χ3v) is 3.07. The molecule has 0 aliphatic heterocycles. The van der Waals surface area contributed by atoms with E-state index in [0.29, 0.717) is 6.42 Å². The maximum Gasteiger partial charge on any atom is 0.267 e. The molecule has 0 radical (unpaired) electrons. The maximum absolute atomic E-state index is 11.9. The van der Waals surface area contributed by atoms with Gasteiger partial charge in [-0.1, -0.05) is 37.3 Å². The summed E-state index contributed by atoms with van der Waals surface area (Å²) in [6.07, 6.45) is 5.33. The number of allylic oxidation sites excluding steroid dienone is 1. The summed E-state index contributed by atoms with van der Waals surface area (Å²) in [6.45, 7) is 6.03. The molecule has 1 aromatic carbocycles. The van der Waals surface area contributed by atoms with Gasteiger partial charge in [0.2, 0.25) is 5.91 Å². The number of hydrogen-bond acceptors (Lipinski definition) is 3. The number of nitrogens with two attached hydrogens (primary N) is 1. The van der Waals surface area contributed by atoms with Gasteiger partial charge in [0.1, 0.15) is 0 Å². The van der Waals surface area contributed by atoms with E-state index < -0.39 is 0 Å². The molecule has 0 unspecified atom stereocenters. The Balaban J connectivity index is 2.49. The van der Waals surface area contributed by atoms with E-state index in [9.17, 15) is 9.59 Å². The van der Waals surface area contributed by atoms with Crippen LogP contribution in [-0.2, 0) is 9.59 Å². The molecule has 0 saturated carbocycles. The molecule has 22 heavy (non-hydrogen) atoms. The van der Waals surface area contributed by atoms with Crippen LogP contribution in [0, 0.1) is 13.8 Å². The Hall–Kier alpha value is -2.56. The van der Waals surface area contributed by atoms with Gasteiger partial charge in [0.25, 0.3) is 5.91 Å². The van der Waals surface area contributed by atoms with Crippen molar-refractivity contribution in [2.24, 2.45) is 5.73 Å². The number of para-hydroxylation sites is 1. The molecular formula is C17H23N3O2. The van der Waals surface area contributed by atoms with Gasteiger partial charge >= 0.3 is 0 Å². The molecule has 1 rings (SSSR count). The van der Waals surface area contributed by atoms with Crippen molar-refractivity contribution >= 4 is 17.5 Å². The number of nitrogens with one attached hydrogen (secondary N) is 2. The van der Waals surface area contributed by atoms with E-state index in [2.05, 4.69) is 10.6 Å². The normalized spacial score (nSPS) is 11.5.